The number of benzene rings is 1. The SMILES string of the molecule is c1ccc2[nH]ccc2c1.c1ccncc1.c1ccoc1.c1ccsc1.c1cscn1.c1ncncn1. The van der Waals surface area contributed by atoms with E-state index >= 15 is 0 Å². The smallest absolute Gasteiger partial charge is 0.119 e. The highest BCUT2D eigenvalue weighted by Crippen LogP contribution is 2.09. The summed E-state index contributed by atoms with van der Waals surface area (Å²) in [6.45, 7) is 0. The number of nitrogens with zero attached hydrogens (tertiary/aromatic N) is 5. The summed E-state index contributed by atoms with van der Waals surface area (Å²) in [7, 11) is 0. The molecule has 6 heterocycles. The Balaban J connectivity index is 0.000000155. The molecule has 0 saturated carbocycles. The van der Waals surface area contributed by atoms with Crippen molar-refractivity contribution in [3.05, 3.63) is 151 Å². The van der Waals surface area contributed by atoms with E-state index < -0.39 is 0 Å². The summed E-state index contributed by atoms with van der Waals surface area (Å²) in [4.78, 5) is 21.3. The number of para-hydroxylation sites is 1. The van der Waals surface area contributed by atoms with Crippen molar-refractivity contribution < 1.29 is 4.42 Å². The van der Waals surface area contributed by atoms with Crippen LogP contribution >= 0.6 is 22.7 Å². The average Bonchev–Trinajstić information content (AvgIpc) is 3.80. The lowest BCUT2D eigenvalue weighted by atomic mass is 10.3. The van der Waals surface area contributed by atoms with Gasteiger partial charge < -0.3 is 9.40 Å². The lowest BCUT2D eigenvalue weighted by Crippen LogP contribution is -1.73. The van der Waals surface area contributed by atoms with Crippen LogP contribution in [0.5, 0.6) is 0 Å². The van der Waals surface area contributed by atoms with Gasteiger partial charge in [-0.1, -0.05) is 36.4 Å². The second kappa shape index (κ2) is 21.1. The molecule has 0 atom stereocenters. The fourth-order valence-corrected chi connectivity index (χ4v) is 2.95. The van der Waals surface area contributed by atoms with Gasteiger partial charge in [0.25, 0.3) is 0 Å². The van der Waals surface area contributed by atoms with Gasteiger partial charge in [-0.15, -0.1) is 11.3 Å². The number of nitrogens with one attached hydrogen (secondary N) is 1. The Kier molecular flexibility index (Phi) is 16.3. The zero-order valence-electron chi connectivity index (χ0n) is 19.4. The van der Waals surface area contributed by atoms with E-state index in [-0.39, 0.29) is 0 Å². The molecular weight excluding hydrogens is 488 g/mol. The number of aromatic nitrogens is 6. The van der Waals surface area contributed by atoms with Crippen molar-refractivity contribution in [1.29, 1.82) is 0 Å². The van der Waals surface area contributed by atoms with Gasteiger partial charge in [0.15, 0.2) is 0 Å². The molecule has 6 aromatic heterocycles. The van der Waals surface area contributed by atoms with Crippen LogP contribution in [0.15, 0.2) is 155 Å². The molecule has 9 heteroatoms. The number of hydrogen-bond donors (Lipinski definition) is 1. The van der Waals surface area contributed by atoms with Crippen LogP contribution < -0.4 is 0 Å². The highest BCUT2D eigenvalue weighted by Gasteiger charge is 1.86. The van der Waals surface area contributed by atoms with Gasteiger partial charge in [-0.3, -0.25) is 9.97 Å². The lowest BCUT2D eigenvalue weighted by Gasteiger charge is -1.83. The zero-order valence-corrected chi connectivity index (χ0v) is 21.0. The molecule has 0 amide bonds. The van der Waals surface area contributed by atoms with E-state index in [4.69, 9.17) is 0 Å². The van der Waals surface area contributed by atoms with E-state index in [1.54, 1.807) is 59.3 Å². The zero-order chi connectivity index (χ0) is 25.2. The van der Waals surface area contributed by atoms with Gasteiger partial charge in [0, 0.05) is 35.7 Å². The molecule has 182 valence electrons. The first kappa shape index (κ1) is 27.8. The highest BCUT2D eigenvalue weighted by molar-refractivity contribution is 7.07. The maximum atomic E-state index is 4.58. The summed E-state index contributed by atoms with van der Waals surface area (Å²) >= 11 is 3.31. The number of thiazole rings is 1. The van der Waals surface area contributed by atoms with Crippen LogP contribution in [0, 0.1) is 0 Å². The summed E-state index contributed by atoms with van der Waals surface area (Å²) in [5, 5.41) is 7.29. The summed E-state index contributed by atoms with van der Waals surface area (Å²) in [5.74, 6) is 0. The molecule has 1 N–H and O–H groups in total. The van der Waals surface area contributed by atoms with E-state index in [1.807, 2.05) is 76.9 Å². The summed E-state index contributed by atoms with van der Waals surface area (Å²) in [6.07, 6.45) is 14.8. The van der Waals surface area contributed by atoms with Gasteiger partial charge >= 0.3 is 0 Å². The number of H-pyrrole nitrogens is 1. The van der Waals surface area contributed by atoms with Crippen LogP contribution in [0.2, 0.25) is 0 Å². The lowest BCUT2D eigenvalue weighted by molar-refractivity contribution is 0.567. The maximum Gasteiger partial charge on any atom is 0.119 e. The quantitative estimate of drug-likeness (QED) is 0.228. The summed E-state index contributed by atoms with van der Waals surface area (Å²) in [5.41, 5.74) is 3.00. The molecule has 0 aliphatic rings. The van der Waals surface area contributed by atoms with Crippen molar-refractivity contribution in [2.24, 2.45) is 0 Å². The highest BCUT2D eigenvalue weighted by atomic mass is 32.1. The minimum Gasteiger partial charge on any atom is -0.473 e. The Morgan fingerprint density at radius 3 is 1.61 bits per heavy atom. The van der Waals surface area contributed by atoms with Crippen molar-refractivity contribution in [1.82, 2.24) is 29.9 Å². The average molecular weight is 515 g/mol. The van der Waals surface area contributed by atoms with Crippen molar-refractivity contribution in [2.45, 2.75) is 0 Å². The first-order chi connectivity index (χ1) is 18.0. The predicted molar refractivity (Wildman–Crippen MR) is 148 cm³/mol. The summed E-state index contributed by atoms with van der Waals surface area (Å²) in [6, 6.07) is 23.7. The van der Waals surface area contributed by atoms with E-state index in [9.17, 15) is 0 Å². The molecule has 0 aliphatic carbocycles. The van der Waals surface area contributed by atoms with Crippen LogP contribution in [0.3, 0.4) is 0 Å². The molecule has 0 spiro atoms. The normalized spacial score (nSPS) is 8.56. The second-order valence-electron chi connectivity index (χ2n) is 6.15. The number of rotatable bonds is 0. The molecule has 0 aliphatic heterocycles. The molecule has 7 nitrogen and oxygen atoms in total. The van der Waals surface area contributed by atoms with E-state index in [1.165, 1.54) is 29.9 Å². The molecule has 7 rings (SSSR count). The van der Waals surface area contributed by atoms with Crippen LogP contribution in [0.4, 0.5) is 0 Å². The monoisotopic (exact) mass is 514 g/mol. The number of hydrogen-bond acceptors (Lipinski definition) is 8. The molecule has 0 saturated heterocycles. The number of pyridine rings is 1. The van der Waals surface area contributed by atoms with Gasteiger partial charge in [0.2, 0.25) is 0 Å². The van der Waals surface area contributed by atoms with Gasteiger partial charge in [-0.05, 0) is 52.5 Å². The third kappa shape index (κ3) is 15.4. The topological polar surface area (TPSA) is 93.4 Å². The molecule has 0 unspecified atom stereocenters. The van der Waals surface area contributed by atoms with Gasteiger partial charge in [0.05, 0.1) is 18.0 Å². The number of furan rings is 1. The fraction of sp³-hybridized carbons (Fsp3) is 0. The van der Waals surface area contributed by atoms with Crippen molar-refractivity contribution in [3.8, 4) is 0 Å². The van der Waals surface area contributed by atoms with E-state index in [0.717, 1.165) is 0 Å². The minimum atomic E-state index is 1.21. The Hall–Kier alpha value is -4.47. The molecular formula is C27H26N6OS2. The molecule has 0 fully saturated rings. The number of fused-ring (bicyclic) bond motifs is 1. The fourth-order valence-electron chi connectivity index (χ4n) is 2.14. The van der Waals surface area contributed by atoms with Gasteiger partial charge in [0.1, 0.15) is 19.0 Å². The van der Waals surface area contributed by atoms with Crippen molar-refractivity contribution in [2.75, 3.05) is 0 Å². The number of thiophene rings is 1. The first-order valence-corrected chi connectivity index (χ1v) is 12.5. The molecule has 0 bridgehead atoms. The number of aromatic amines is 1. The molecule has 7 aromatic rings. The Morgan fingerprint density at radius 1 is 0.556 bits per heavy atom. The second-order valence-corrected chi connectivity index (χ2v) is 7.72. The van der Waals surface area contributed by atoms with E-state index in [2.05, 4.69) is 52.5 Å². The van der Waals surface area contributed by atoms with Crippen LogP contribution in [-0.4, -0.2) is 29.9 Å². The maximum absolute atomic E-state index is 4.58. The molecule has 36 heavy (non-hydrogen) atoms. The Morgan fingerprint density at radius 2 is 1.25 bits per heavy atom. The predicted octanol–water partition coefficient (Wildman–Crippen LogP) is 7.29. The van der Waals surface area contributed by atoms with Crippen molar-refractivity contribution >= 4 is 33.6 Å². The van der Waals surface area contributed by atoms with E-state index in [0.29, 0.717) is 0 Å². The van der Waals surface area contributed by atoms with Gasteiger partial charge in [-0.25, -0.2) is 15.0 Å². The van der Waals surface area contributed by atoms with Crippen LogP contribution in [0.25, 0.3) is 10.9 Å². The van der Waals surface area contributed by atoms with Crippen LogP contribution in [0.1, 0.15) is 0 Å². The minimum absolute atomic E-state index is 1.21. The van der Waals surface area contributed by atoms with Gasteiger partial charge in [-0.2, -0.15) is 11.3 Å². The van der Waals surface area contributed by atoms with Crippen molar-refractivity contribution in [3.63, 3.8) is 0 Å². The van der Waals surface area contributed by atoms with Crippen LogP contribution in [-0.2, 0) is 0 Å². The Labute approximate surface area is 218 Å². The summed E-state index contributed by atoms with van der Waals surface area (Å²) < 4.78 is 4.58. The standard InChI is InChI=1S/C8H7N.C5H5N.C4H4O.C4H4S.C3H3N3.C3H3NS/c1-2-4-8-7(3-1)5-6-9-8;1-2-4-6-5-3-1;2*1-2-4-5-3-1;1-4-2-6-3-5-1;1-2-5-3-4-1/h1-6,9H;1-5H;2*1-4H;1-3H;1-3H. The molecule has 0 radical (unpaired) electrons. The third-order valence-electron chi connectivity index (χ3n) is 3.63. The molecule has 1 aromatic carbocycles. The third-order valence-corrected chi connectivity index (χ3v) is 4.78. The Bertz CT molecular complexity index is 1050. The first-order valence-electron chi connectivity index (χ1n) is 10.7. The largest absolute Gasteiger partial charge is 0.473 e.